The summed E-state index contributed by atoms with van der Waals surface area (Å²) in [6.45, 7) is 5.83. The maximum absolute atomic E-state index is 3.74. The Bertz CT molecular complexity index is 236. The van der Waals surface area contributed by atoms with Gasteiger partial charge < -0.3 is 0 Å². The molecule has 0 amide bonds. The van der Waals surface area contributed by atoms with Crippen molar-refractivity contribution in [1.82, 2.24) is 0 Å². The van der Waals surface area contributed by atoms with Crippen molar-refractivity contribution in [1.29, 1.82) is 0 Å². The van der Waals surface area contributed by atoms with Crippen molar-refractivity contribution in [3.8, 4) is 0 Å². The van der Waals surface area contributed by atoms with Crippen LogP contribution in [0.1, 0.15) is 15.9 Å². The van der Waals surface area contributed by atoms with Crippen LogP contribution in [0.3, 0.4) is 0 Å². The number of rotatable bonds is 2. The summed E-state index contributed by atoms with van der Waals surface area (Å²) in [4.78, 5) is 0. The summed E-state index contributed by atoms with van der Waals surface area (Å²) in [5, 5.41) is 0. The van der Waals surface area contributed by atoms with Gasteiger partial charge in [0.15, 0.2) is 0 Å². The molecule has 0 spiro atoms. The minimum absolute atomic E-state index is 0.385. The van der Waals surface area contributed by atoms with Crippen molar-refractivity contribution < 1.29 is 0 Å². The van der Waals surface area contributed by atoms with Crippen LogP contribution in [-0.4, -0.2) is 16.3 Å². The summed E-state index contributed by atoms with van der Waals surface area (Å²) in [5.41, 5.74) is 2.60. The maximum atomic E-state index is 3.74. The van der Waals surface area contributed by atoms with Crippen molar-refractivity contribution in [3.05, 3.63) is 48.0 Å². The normalized spacial score (nSPS) is 12.5. The highest BCUT2D eigenvalue weighted by atomic mass is 27.0. The Morgan fingerprint density at radius 3 is 2.36 bits per heavy atom. The summed E-state index contributed by atoms with van der Waals surface area (Å²) in [7, 11) is 0. The highest BCUT2D eigenvalue weighted by molar-refractivity contribution is 6.13. The first-order valence-corrected chi connectivity index (χ1v) is 4.35. The van der Waals surface area contributed by atoms with Crippen LogP contribution in [0.5, 0.6) is 0 Å². The molecular formula is C10H11Al. The molecule has 0 nitrogen and oxygen atoms in total. The molecule has 0 heterocycles. The van der Waals surface area contributed by atoms with Gasteiger partial charge in [0.05, 0.1) is 0 Å². The molecule has 1 atom stereocenters. The van der Waals surface area contributed by atoms with Crippen molar-refractivity contribution >= 4 is 16.3 Å². The van der Waals surface area contributed by atoms with E-state index in [0.29, 0.717) is 4.78 Å². The third-order valence-corrected chi connectivity index (χ3v) is 2.37. The van der Waals surface area contributed by atoms with Gasteiger partial charge in [-0.15, -0.1) is 6.58 Å². The Morgan fingerprint density at radius 2 is 1.91 bits per heavy atom. The molecule has 0 saturated heterocycles. The molecule has 0 aliphatic rings. The Hall–Kier alpha value is -0.508. The van der Waals surface area contributed by atoms with Gasteiger partial charge in [-0.1, -0.05) is 46.2 Å². The second-order valence-corrected chi connectivity index (χ2v) is 3.39. The largest absolute Gasteiger partial charge is 0.138 e. The number of allylic oxidation sites excluding steroid dienone is 1. The van der Waals surface area contributed by atoms with E-state index < -0.39 is 0 Å². The second kappa shape index (κ2) is 3.76. The summed E-state index contributed by atoms with van der Waals surface area (Å²) >= 11 is 2.75. The van der Waals surface area contributed by atoms with Gasteiger partial charge in [0.2, 0.25) is 0 Å². The van der Waals surface area contributed by atoms with Gasteiger partial charge in [-0.3, -0.25) is 0 Å². The lowest BCUT2D eigenvalue weighted by molar-refractivity contribution is 1.21. The highest BCUT2D eigenvalue weighted by Crippen LogP contribution is 2.13. The number of aryl methyl sites for hydroxylation is 1. The lowest BCUT2D eigenvalue weighted by Gasteiger charge is -2.06. The van der Waals surface area contributed by atoms with Crippen LogP contribution in [-0.2, 0) is 0 Å². The van der Waals surface area contributed by atoms with Crippen LogP contribution in [0.25, 0.3) is 0 Å². The number of benzene rings is 1. The molecular weight excluding hydrogens is 147 g/mol. The van der Waals surface area contributed by atoms with E-state index in [2.05, 4.69) is 54.1 Å². The van der Waals surface area contributed by atoms with Gasteiger partial charge in [0, 0.05) is 0 Å². The molecule has 1 aromatic carbocycles. The van der Waals surface area contributed by atoms with Crippen LogP contribution in [0.2, 0.25) is 0 Å². The summed E-state index contributed by atoms with van der Waals surface area (Å²) in [6.07, 6.45) is 1.93. The minimum atomic E-state index is 0.385. The van der Waals surface area contributed by atoms with Crippen molar-refractivity contribution in [2.45, 2.75) is 11.7 Å². The topological polar surface area (TPSA) is 0 Å². The predicted octanol–water partition coefficient (Wildman–Crippen LogP) is 2.39. The molecule has 1 aromatic rings. The van der Waals surface area contributed by atoms with Gasteiger partial charge in [-0.05, 0) is 6.92 Å². The maximum Gasteiger partial charge on any atom is 0.138 e. The fourth-order valence-electron chi connectivity index (χ4n) is 0.925. The smallest absolute Gasteiger partial charge is 0.104 e. The molecule has 1 heteroatoms. The van der Waals surface area contributed by atoms with Gasteiger partial charge in [0.25, 0.3) is 0 Å². The molecule has 0 aliphatic heterocycles. The van der Waals surface area contributed by atoms with E-state index in [1.807, 2.05) is 6.08 Å². The molecule has 1 rings (SSSR count). The average Bonchev–Trinajstić information content (AvgIpc) is 2.05. The first kappa shape index (κ1) is 8.59. The van der Waals surface area contributed by atoms with E-state index in [0.717, 1.165) is 0 Å². The Morgan fingerprint density at radius 1 is 1.36 bits per heavy atom. The average molecular weight is 158 g/mol. The highest BCUT2D eigenvalue weighted by Gasteiger charge is 1.96. The van der Waals surface area contributed by atoms with Gasteiger partial charge in [0.1, 0.15) is 16.3 Å². The molecule has 11 heavy (non-hydrogen) atoms. The Balaban J connectivity index is 2.89. The van der Waals surface area contributed by atoms with Crippen molar-refractivity contribution in [2.75, 3.05) is 0 Å². The summed E-state index contributed by atoms with van der Waals surface area (Å²) in [5.74, 6) is 0. The van der Waals surface area contributed by atoms with E-state index in [1.165, 1.54) is 11.1 Å². The lowest BCUT2D eigenvalue weighted by atomic mass is 10.1. The predicted molar refractivity (Wildman–Crippen MR) is 49.9 cm³/mol. The van der Waals surface area contributed by atoms with Crippen LogP contribution in [0, 0.1) is 6.92 Å². The quantitative estimate of drug-likeness (QED) is 0.458. The molecule has 0 aromatic heterocycles. The first-order chi connectivity index (χ1) is 5.24. The summed E-state index contributed by atoms with van der Waals surface area (Å²) in [6, 6.07) is 8.51. The third-order valence-electron chi connectivity index (χ3n) is 1.72. The number of hydrogen-bond donors (Lipinski definition) is 0. The Kier molecular flexibility index (Phi) is 2.94. The van der Waals surface area contributed by atoms with E-state index in [4.69, 9.17) is 0 Å². The zero-order valence-corrected chi connectivity index (χ0v) is 7.90. The van der Waals surface area contributed by atoms with Crippen LogP contribution in [0.4, 0.5) is 0 Å². The van der Waals surface area contributed by atoms with E-state index >= 15 is 0 Å². The van der Waals surface area contributed by atoms with E-state index in [9.17, 15) is 0 Å². The van der Waals surface area contributed by atoms with Gasteiger partial charge in [-0.25, -0.2) is 0 Å². The van der Waals surface area contributed by atoms with E-state index in [1.54, 1.807) is 0 Å². The second-order valence-electron chi connectivity index (χ2n) is 2.67. The summed E-state index contributed by atoms with van der Waals surface area (Å²) < 4.78 is 0.385. The monoisotopic (exact) mass is 158 g/mol. The number of hydrogen-bond acceptors (Lipinski definition) is 0. The molecule has 0 saturated carbocycles. The molecule has 0 fully saturated rings. The first-order valence-electron chi connectivity index (χ1n) is 3.68. The molecule has 0 N–H and O–H groups in total. The van der Waals surface area contributed by atoms with Crippen LogP contribution < -0.4 is 0 Å². The molecule has 0 aliphatic carbocycles. The van der Waals surface area contributed by atoms with Crippen molar-refractivity contribution in [2.24, 2.45) is 0 Å². The van der Waals surface area contributed by atoms with E-state index in [-0.39, 0.29) is 0 Å². The standard InChI is InChI=1S/C10H11.Al/c1-3-4-10-7-5-9(2)6-8-10;/h3-8H,1H2,2H3;. The van der Waals surface area contributed by atoms with Gasteiger partial charge >= 0.3 is 0 Å². The zero-order chi connectivity index (χ0) is 8.27. The molecule has 0 bridgehead atoms. The molecule has 1 unspecified atom stereocenters. The fourth-order valence-corrected chi connectivity index (χ4v) is 1.15. The fraction of sp³-hybridized carbons (Fsp3) is 0.200. The molecule has 54 valence electrons. The van der Waals surface area contributed by atoms with Gasteiger partial charge in [-0.2, -0.15) is 0 Å². The zero-order valence-electron chi connectivity index (χ0n) is 6.75. The minimum Gasteiger partial charge on any atom is -0.104 e. The Labute approximate surface area is 76.4 Å². The molecule has 2 radical (unpaired) electrons. The van der Waals surface area contributed by atoms with Crippen LogP contribution in [0.15, 0.2) is 36.9 Å². The lowest BCUT2D eigenvalue weighted by Crippen LogP contribution is -1.92. The van der Waals surface area contributed by atoms with Crippen LogP contribution >= 0.6 is 0 Å². The third kappa shape index (κ3) is 2.22. The van der Waals surface area contributed by atoms with Crippen molar-refractivity contribution in [3.63, 3.8) is 0 Å². The SMILES string of the molecule is C=C[CH]([Al])c1ccc(C)cc1.